The molecule has 2 heterocycles. The fourth-order valence-corrected chi connectivity index (χ4v) is 3.55. The Kier molecular flexibility index (Phi) is 6.01. The minimum atomic E-state index is -5.08. The van der Waals surface area contributed by atoms with Crippen molar-refractivity contribution in [1.29, 1.82) is 0 Å². The molecule has 0 bridgehead atoms. The van der Waals surface area contributed by atoms with E-state index in [9.17, 15) is 26.3 Å². The van der Waals surface area contributed by atoms with Crippen LogP contribution in [0.25, 0.3) is 11.0 Å². The Balaban J connectivity index is 0.000000318. The SMILES string of the molecule is FC(F)(F)c1nc2ccccc2n1CC1CNCC2(CCC2)O1.O=C(O)C(F)(F)F. The normalized spacial score (nSPS) is 21.1. The van der Waals surface area contributed by atoms with Crippen LogP contribution in [0.4, 0.5) is 26.3 Å². The molecule has 1 atom stereocenters. The van der Waals surface area contributed by atoms with Crippen molar-refractivity contribution in [2.24, 2.45) is 0 Å². The summed E-state index contributed by atoms with van der Waals surface area (Å²) >= 11 is 0. The number of carboxylic acids is 1. The molecule has 1 aromatic heterocycles. The summed E-state index contributed by atoms with van der Waals surface area (Å²) in [6.45, 7) is 1.51. The molecule has 0 radical (unpaired) electrons. The largest absolute Gasteiger partial charge is 0.490 e. The lowest BCUT2D eigenvalue weighted by Crippen LogP contribution is -2.58. The van der Waals surface area contributed by atoms with Crippen molar-refractivity contribution in [2.45, 2.75) is 49.9 Å². The van der Waals surface area contributed by atoms with Gasteiger partial charge in [0.1, 0.15) is 0 Å². The molecule has 1 aliphatic carbocycles. The molecule has 2 aromatic rings. The molecule has 0 amide bonds. The van der Waals surface area contributed by atoms with Crippen LogP contribution >= 0.6 is 0 Å². The molecule has 1 aromatic carbocycles. The van der Waals surface area contributed by atoms with Gasteiger partial charge in [-0.15, -0.1) is 0 Å². The predicted molar refractivity (Wildman–Crippen MR) is 92.8 cm³/mol. The summed E-state index contributed by atoms with van der Waals surface area (Å²) in [5.41, 5.74) is 0.691. The second-order valence-electron chi connectivity index (χ2n) is 7.24. The summed E-state index contributed by atoms with van der Waals surface area (Å²) in [6.07, 6.45) is -6.76. The molecular weight excluding hydrogens is 420 g/mol. The van der Waals surface area contributed by atoms with Gasteiger partial charge < -0.3 is 19.7 Å². The number of ether oxygens (including phenoxy) is 1. The van der Waals surface area contributed by atoms with E-state index in [2.05, 4.69) is 10.3 Å². The van der Waals surface area contributed by atoms with Crippen LogP contribution in [0.15, 0.2) is 24.3 Å². The van der Waals surface area contributed by atoms with Crippen molar-refractivity contribution >= 4 is 17.0 Å². The molecule has 12 heteroatoms. The van der Waals surface area contributed by atoms with E-state index in [1.54, 1.807) is 24.3 Å². The Morgan fingerprint density at radius 2 is 1.87 bits per heavy atom. The lowest BCUT2D eigenvalue weighted by molar-refractivity contribution is -0.192. The van der Waals surface area contributed by atoms with Crippen LogP contribution in [0, 0.1) is 0 Å². The minimum Gasteiger partial charge on any atom is -0.475 e. The number of hydrogen-bond donors (Lipinski definition) is 2. The highest BCUT2D eigenvalue weighted by molar-refractivity contribution is 5.76. The molecule has 1 unspecified atom stereocenters. The Labute approximate surface area is 166 Å². The average molecular weight is 439 g/mol. The molecular formula is C18H19F6N3O3. The number of carbonyl (C=O) groups is 1. The molecule has 30 heavy (non-hydrogen) atoms. The lowest BCUT2D eigenvalue weighted by atomic mass is 9.79. The van der Waals surface area contributed by atoms with Gasteiger partial charge in [-0.1, -0.05) is 12.1 Å². The number of hydrogen-bond acceptors (Lipinski definition) is 4. The third-order valence-electron chi connectivity index (χ3n) is 5.04. The van der Waals surface area contributed by atoms with Gasteiger partial charge in [0.25, 0.3) is 0 Å². The van der Waals surface area contributed by atoms with Crippen molar-refractivity contribution in [3.8, 4) is 0 Å². The molecule has 166 valence electrons. The first-order valence-electron chi connectivity index (χ1n) is 9.12. The van der Waals surface area contributed by atoms with E-state index in [-0.39, 0.29) is 18.2 Å². The highest BCUT2D eigenvalue weighted by atomic mass is 19.4. The van der Waals surface area contributed by atoms with Crippen molar-refractivity contribution in [1.82, 2.24) is 14.9 Å². The standard InChI is InChI=1S/C16H18F3N3O.C2HF3O2/c17-16(18,19)14-21-12-4-1-2-5-13(12)22(14)9-11-8-20-10-15(23-11)6-3-7-15;3-2(4,5)1(6)7/h1-2,4-5,11,20H,3,6-10H2;(H,6,7). The zero-order valence-corrected chi connectivity index (χ0v) is 15.6. The number of imidazole rings is 1. The molecule has 1 saturated carbocycles. The molecule has 1 aliphatic heterocycles. The highest BCUT2D eigenvalue weighted by Gasteiger charge is 2.44. The van der Waals surface area contributed by atoms with E-state index in [1.807, 2.05) is 0 Å². The number of rotatable bonds is 2. The first-order chi connectivity index (χ1) is 13.9. The van der Waals surface area contributed by atoms with Gasteiger partial charge >= 0.3 is 18.3 Å². The van der Waals surface area contributed by atoms with E-state index < -0.39 is 24.1 Å². The number of alkyl halides is 6. The van der Waals surface area contributed by atoms with Crippen molar-refractivity contribution in [2.75, 3.05) is 13.1 Å². The second-order valence-corrected chi connectivity index (χ2v) is 7.24. The van der Waals surface area contributed by atoms with Gasteiger partial charge in [-0.25, -0.2) is 9.78 Å². The summed E-state index contributed by atoms with van der Waals surface area (Å²) in [4.78, 5) is 12.7. The van der Waals surface area contributed by atoms with E-state index in [0.717, 1.165) is 25.8 Å². The van der Waals surface area contributed by atoms with E-state index >= 15 is 0 Å². The van der Waals surface area contributed by atoms with Crippen LogP contribution in [0.5, 0.6) is 0 Å². The maximum Gasteiger partial charge on any atom is 0.490 e. The molecule has 1 spiro atoms. The van der Waals surface area contributed by atoms with Crippen LogP contribution in [-0.4, -0.2) is 51.6 Å². The number of carboxylic acid groups (broad SMARTS) is 1. The second kappa shape index (κ2) is 8.06. The van der Waals surface area contributed by atoms with Gasteiger partial charge in [-0.05, 0) is 31.4 Å². The Morgan fingerprint density at radius 1 is 1.23 bits per heavy atom. The first-order valence-corrected chi connectivity index (χ1v) is 9.12. The molecule has 6 nitrogen and oxygen atoms in total. The van der Waals surface area contributed by atoms with Gasteiger partial charge in [-0.3, -0.25) is 0 Å². The number of nitrogens with zero attached hydrogens (tertiary/aromatic N) is 2. The van der Waals surface area contributed by atoms with Crippen LogP contribution in [0.1, 0.15) is 25.1 Å². The van der Waals surface area contributed by atoms with Crippen molar-refractivity contribution in [3.63, 3.8) is 0 Å². The molecule has 2 aliphatic rings. The molecule has 4 rings (SSSR count). The summed E-state index contributed by atoms with van der Waals surface area (Å²) in [6, 6.07) is 6.71. The third-order valence-corrected chi connectivity index (χ3v) is 5.04. The molecule has 2 N–H and O–H groups in total. The smallest absolute Gasteiger partial charge is 0.475 e. The Hall–Kier alpha value is -2.34. The Bertz CT molecular complexity index is 905. The molecule has 2 fully saturated rings. The van der Waals surface area contributed by atoms with Crippen molar-refractivity contribution in [3.05, 3.63) is 30.1 Å². The van der Waals surface area contributed by atoms with E-state index in [4.69, 9.17) is 14.6 Å². The maximum absolute atomic E-state index is 13.3. The van der Waals surface area contributed by atoms with Gasteiger partial charge in [0.05, 0.1) is 29.3 Å². The first kappa shape index (κ1) is 22.3. The Morgan fingerprint density at radius 3 is 2.40 bits per heavy atom. The van der Waals surface area contributed by atoms with Crippen molar-refractivity contribution < 1.29 is 41.0 Å². The van der Waals surface area contributed by atoms with Gasteiger partial charge in [-0.2, -0.15) is 26.3 Å². The number of nitrogens with one attached hydrogen (secondary N) is 1. The zero-order chi connectivity index (χ0) is 22.2. The quantitative estimate of drug-likeness (QED) is 0.700. The highest BCUT2D eigenvalue weighted by Crippen LogP contribution is 2.38. The number of halogens is 6. The molecule has 1 saturated heterocycles. The predicted octanol–water partition coefficient (Wildman–Crippen LogP) is 3.60. The zero-order valence-electron chi connectivity index (χ0n) is 15.6. The fourth-order valence-electron chi connectivity index (χ4n) is 3.55. The summed E-state index contributed by atoms with van der Waals surface area (Å²) in [5, 5.41) is 10.4. The number of morpholine rings is 1. The summed E-state index contributed by atoms with van der Waals surface area (Å²) in [7, 11) is 0. The minimum absolute atomic E-state index is 0.157. The summed E-state index contributed by atoms with van der Waals surface area (Å²) in [5.74, 6) is -3.61. The van der Waals surface area contributed by atoms with Crippen LogP contribution < -0.4 is 5.32 Å². The van der Waals surface area contributed by atoms with Gasteiger partial charge in [0, 0.05) is 13.1 Å². The number of aliphatic carboxylic acids is 1. The van der Waals surface area contributed by atoms with Crippen LogP contribution in [0.3, 0.4) is 0 Å². The van der Waals surface area contributed by atoms with Gasteiger partial charge in [0.2, 0.25) is 5.82 Å². The topological polar surface area (TPSA) is 76.4 Å². The fraction of sp³-hybridized carbons (Fsp3) is 0.556. The van der Waals surface area contributed by atoms with Crippen LogP contribution in [-0.2, 0) is 22.3 Å². The van der Waals surface area contributed by atoms with E-state index in [0.29, 0.717) is 17.6 Å². The van der Waals surface area contributed by atoms with E-state index in [1.165, 1.54) is 4.57 Å². The number of benzene rings is 1. The number of para-hydroxylation sites is 2. The summed E-state index contributed by atoms with van der Waals surface area (Å²) < 4.78 is 79.1. The number of aromatic nitrogens is 2. The monoisotopic (exact) mass is 439 g/mol. The lowest BCUT2D eigenvalue weighted by Gasteiger charge is -2.47. The maximum atomic E-state index is 13.3. The number of fused-ring (bicyclic) bond motifs is 1. The van der Waals surface area contributed by atoms with Crippen LogP contribution in [0.2, 0.25) is 0 Å². The third kappa shape index (κ3) is 4.86. The average Bonchev–Trinajstić information content (AvgIpc) is 2.99. The van der Waals surface area contributed by atoms with Gasteiger partial charge in [0.15, 0.2) is 0 Å².